The van der Waals surface area contributed by atoms with Gasteiger partial charge < -0.3 is 19.5 Å². The van der Waals surface area contributed by atoms with Crippen LogP contribution in [0.3, 0.4) is 0 Å². The molecule has 0 unspecified atom stereocenters. The lowest BCUT2D eigenvalue weighted by Gasteiger charge is -2.37. The maximum absolute atomic E-state index is 13.4. The molecule has 1 N–H and O–H groups in total. The number of rotatable bonds is 7. The Morgan fingerprint density at radius 2 is 1.74 bits per heavy atom. The van der Waals surface area contributed by atoms with Gasteiger partial charge in [-0.05, 0) is 99.0 Å². The number of aliphatic hydroxyl groups excluding tert-OH is 1. The second-order valence-electron chi connectivity index (χ2n) is 10.9. The van der Waals surface area contributed by atoms with E-state index in [1.165, 1.54) is 5.56 Å². The Bertz CT molecular complexity index is 1310. The molecule has 1 amide bonds. The van der Waals surface area contributed by atoms with E-state index in [1.54, 1.807) is 42.2 Å². The first-order chi connectivity index (χ1) is 18.5. The average molecular weight is 550 g/mol. The molecule has 0 bridgehead atoms. The minimum Gasteiger partial charge on any atom is -0.462 e. The minimum absolute atomic E-state index is 0.109. The van der Waals surface area contributed by atoms with Crippen molar-refractivity contribution in [3.8, 4) is 11.1 Å². The van der Waals surface area contributed by atoms with E-state index in [4.69, 9.17) is 21.1 Å². The first-order valence-electron chi connectivity index (χ1n) is 13.4. The number of esters is 1. The van der Waals surface area contributed by atoms with E-state index in [-0.39, 0.29) is 18.6 Å². The molecule has 4 rings (SSSR count). The van der Waals surface area contributed by atoms with E-state index < -0.39 is 17.8 Å². The molecule has 1 aliphatic carbocycles. The van der Waals surface area contributed by atoms with Gasteiger partial charge in [0, 0.05) is 11.1 Å². The van der Waals surface area contributed by atoms with Gasteiger partial charge in [-0.3, -0.25) is 0 Å². The maximum Gasteiger partial charge on any atom is 0.410 e. The minimum atomic E-state index is -0.881. The van der Waals surface area contributed by atoms with Crippen molar-refractivity contribution < 1.29 is 24.2 Å². The molecule has 0 fully saturated rings. The second-order valence-corrected chi connectivity index (χ2v) is 11.3. The number of carbonyl (C=O) groups is 2. The summed E-state index contributed by atoms with van der Waals surface area (Å²) in [6, 6.07) is 20.6. The molecule has 0 aliphatic heterocycles. The number of halogens is 1. The van der Waals surface area contributed by atoms with E-state index in [0.717, 1.165) is 29.5 Å². The number of aliphatic hydroxyl groups is 1. The molecule has 2 atom stereocenters. The van der Waals surface area contributed by atoms with Crippen LogP contribution in [0.15, 0.2) is 66.7 Å². The Kier molecular flexibility index (Phi) is 8.98. The number of carbonyl (C=O) groups excluding carboxylic acids is 2. The third-order valence-electron chi connectivity index (χ3n) is 6.81. The van der Waals surface area contributed by atoms with Crippen molar-refractivity contribution in [2.24, 2.45) is 0 Å². The molecule has 3 aromatic rings. The highest BCUT2D eigenvalue weighted by atomic mass is 35.5. The largest absolute Gasteiger partial charge is 0.462 e. The Hall–Kier alpha value is -3.35. The van der Waals surface area contributed by atoms with Gasteiger partial charge in [-0.2, -0.15) is 0 Å². The number of amides is 1. The molecule has 0 saturated heterocycles. The summed E-state index contributed by atoms with van der Waals surface area (Å²) < 4.78 is 10.9. The molecule has 206 valence electrons. The van der Waals surface area contributed by atoms with Crippen LogP contribution in [0.1, 0.15) is 67.3 Å². The first kappa shape index (κ1) is 28.7. The van der Waals surface area contributed by atoms with Crippen molar-refractivity contribution >= 4 is 23.7 Å². The molecular formula is C32H36ClNO5. The standard InChI is InChI=1S/C32H36ClNO5/c1-5-38-30(36)25-8-6-7-23(17-25)24-10-9-21-13-16-28(19-26(21)18-24)34(31(37)39-32(2,3)4)20-29(35)22-11-14-27(33)15-12-22/h6-12,14-15,17-18,28-29,35H,5,13,16,19-20H2,1-4H3/t28-,29+/m0/s1. The summed E-state index contributed by atoms with van der Waals surface area (Å²) in [5, 5.41) is 11.6. The highest BCUT2D eigenvalue weighted by Gasteiger charge is 2.33. The van der Waals surface area contributed by atoms with Crippen molar-refractivity contribution in [3.05, 3.63) is 94.0 Å². The van der Waals surface area contributed by atoms with Gasteiger partial charge in [0.15, 0.2) is 0 Å². The predicted octanol–water partition coefficient (Wildman–Crippen LogP) is 7.01. The normalized spacial score (nSPS) is 15.7. The van der Waals surface area contributed by atoms with Gasteiger partial charge >= 0.3 is 12.1 Å². The van der Waals surface area contributed by atoms with Crippen LogP contribution in [0.25, 0.3) is 11.1 Å². The maximum atomic E-state index is 13.4. The third kappa shape index (κ3) is 7.40. The van der Waals surface area contributed by atoms with Crippen molar-refractivity contribution in [1.82, 2.24) is 4.90 Å². The van der Waals surface area contributed by atoms with Crippen molar-refractivity contribution in [3.63, 3.8) is 0 Å². The number of hydrogen-bond donors (Lipinski definition) is 1. The van der Waals surface area contributed by atoms with Crippen molar-refractivity contribution in [2.75, 3.05) is 13.2 Å². The number of benzene rings is 3. The first-order valence-corrected chi connectivity index (χ1v) is 13.7. The van der Waals surface area contributed by atoms with Crippen LogP contribution in [0.5, 0.6) is 0 Å². The zero-order chi connectivity index (χ0) is 28.2. The molecule has 0 aromatic heterocycles. The van der Waals surface area contributed by atoms with Gasteiger partial charge in [-0.1, -0.05) is 54.1 Å². The Morgan fingerprint density at radius 1 is 1.03 bits per heavy atom. The summed E-state index contributed by atoms with van der Waals surface area (Å²) >= 11 is 6.02. The highest BCUT2D eigenvalue weighted by molar-refractivity contribution is 6.30. The van der Waals surface area contributed by atoms with Gasteiger partial charge in [-0.25, -0.2) is 9.59 Å². The van der Waals surface area contributed by atoms with E-state index in [1.807, 2.05) is 39.0 Å². The van der Waals surface area contributed by atoms with Gasteiger partial charge in [0.2, 0.25) is 0 Å². The lowest BCUT2D eigenvalue weighted by atomic mass is 9.85. The van der Waals surface area contributed by atoms with Gasteiger partial charge in [0.1, 0.15) is 5.60 Å². The summed E-state index contributed by atoms with van der Waals surface area (Å²) in [4.78, 5) is 27.3. The van der Waals surface area contributed by atoms with Gasteiger partial charge in [0.05, 0.1) is 24.8 Å². The lowest BCUT2D eigenvalue weighted by Crippen LogP contribution is -2.47. The quantitative estimate of drug-likeness (QED) is 0.321. The molecule has 7 heteroatoms. The van der Waals surface area contributed by atoms with Crippen LogP contribution in [-0.2, 0) is 22.3 Å². The van der Waals surface area contributed by atoms with Crippen LogP contribution in [-0.4, -0.2) is 46.9 Å². The fourth-order valence-electron chi connectivity index (χ4n) is 4.89. The molecule has 0 saturated carbocycles. The molecule has 0 spiro atoms. The van der Waals surface area contributed by atoms with Gasteiger partial charge in [0.25, 0.3) is 0 Å². The molecule has 3 aromatic carbocycles. The number of aryl methyl sites for hydroxylation is 1. The van der Waals surface area contributed by atoms with E-state index in [2.05, 4.69) is 18.2 Å². The molecular weight excluding hydrogens is 514 g/mol. The third-order valence-corrected chi connectivity index (χ3v) is 7.06. The summed E-state index contributed by atoms with van der Waals surface area (Å²) in [5.41, 5.74) is 4.83. The highest BCUT2D eigenvalue weighted by Crippen LogP contribution is 2.31. The van der Waals surface area contributed by atoms with Crippen LogP contribution in [0, 0.1) is 0 Å². The van der Waals surface area contributed by atoms with Crippen molar-refractivity contribution in [2.45, 2.75) is 64.7 Å². The zero-order valence-corrected chi connectivity index (χ0v) is 23.7. The fourth-order valence-corrected chi connectivity index (χ4v) is 5.02. The van der Waals surface area contributed by atoms with Crippen LogP contribution < -0.4 is 0 Å². The van der Waals surface area contributed by atoms with Crippen molar-refractivity contribution in [1.29, 1.82) is 0 Å². The summed E-state index contributed by atoms with van der Waals surface area (Å²) in [6.45, 7) is 7.74. The molecule has 1 aliphatic rings. The van der Waals surface area contributed by atoms with E-state index in [0.29, 0.717) is 29.2 Å². The number of fused-ring (bicyclic) bond motifs is 1. The Labute approximate surface area is 235 Å². The lowest BCUT2D eigenvalue weighted by molar-refractivity contribution is 0.00194. The smallest absolute Gasteiger partial charge is 0.410 e. The van der Waals surface area contributed by atoms with E-state index >= 15 is 0 Å². The van der Waals surface area contributed by atoms with Gasteiger partial charge in [-0.15, -0.1) is 0 Å². The second kappa shape index (κ2) is 12.2. The zero-order valence-electron chi connectivity index (χ0n) is 22.9. The Morgan fingerprint density at radius 3 is 2.44 bits per heavy atom. The molecule has 39 heavy (non-hydrogen) atoms. The predicted molar refractivity (Wildman–Crippen MR) is 153 cm³/mol. The molecule has 0 heterocycles. The summed E-state index contributed by atoms with van der Waals surface area (Å²) in [7, 11) is 0. The van der Waals surface area contributed by atoms with Crippen LogP contribution >= 0.6 is 11.6 Å². The fraction of sp³-hybridized carbons (Fsp3) is 0.375. The van der Waals surface area contributed by atoms with E-state index in [9.17, 15) is 14.7 Å². The monoisotopic (exact) mass is 549 g/mol. The number of nitrogens with zero attached hydrogens (tertiary/aromatic N) is 1. The molecule has 0 radical (unpaired) electrons. The summed E-state index contributed by atoms with van der Waals surface area (Å²) in [5.74, 6) is -0.343. The molecule has 6 nitrogen and oxygen atoms in total. The number of hydrogen-bond acceptors (Lipinski definition) is 5. The SMILES string of the molecule is CCOC(=O)c1cccc(-c2ccc3c(c2)C[C@@H](N(C[C@@H](O)c2ccc(Cl)cc2)C(=O)OC(C)(C)C)CC3)c1. The summed E-state index contributed by atoms with van der Waals surface area (Å²) in [6.07, 6.45) is 0.875. The van der Waals surface area contributed by atoms with Crippen LogP contribution in [0.2, 0.25) is 5.02 Å². The van der Waals surface area contributed by atoms with Crippen LogP contribution in [0.4, 0.5) is 4.79 Å². The average Bonchev–Trinajstić information content (AvgIpc) is 2.90. The number of ether oxygens (including phenoxy) is 2. The Balaban J connectivity index is 1.59. The topological polar surface area (TPSA) is 76.1 Å².